The van der Waals surface area contributed by atoms with Crippen LogP contribution in [0.3, 0.4) is 0 Å². The number of pyridine rings is 1. The Labute approximate surface area is 228 Å². The molecule has 14 heteroatoms. The molecule has 2 N–H and O–H groups in total. The van der Waals surface area contributed by atoms with Gasteiger partial charge in [0.2, 0.25) is 0 Å². The van der Waals surface area contributed by atoms with Crippen LogP contribution in [0.2, 0.25) is 0 Å². The minimum absolute atomic E-state index is 0.0162. The number of nitro groups is 1. The first-order valence-electron chi connectivity index (χ1n) is 12.0. The lowest BCUT2D eigenvalue weighted by Gasteiger charge is -2.25. The summed E-state index contributed by atoms with van der Waals surface area (Å²) < 4.78 is 25.3. The topological polar surface area (TPSA) is 179 Å². The van der Waals surface area contributed by atoms with E-state index in [1.54, 1.807) is 29.1 Å². The minimum atomic E-state index is -3.88. The Morgan fingerprint density at radius 1 is 1.07 bits per heavy atom. The van der Waals surface area contributed by atoms with E-state index in [9.17, 15) is 28.1 Å². The van der Waals surface area contributed by atoms with Crippen molar-refractivity contribution in [3.8, 4) is 22.4 Å². The highest BCUT2D eigenvalue weighted by Gasteiger charge is 2.43. The molecular formula is C26H26N6O7S. The molecule has 4 aromatic rings. The molecule has 0 spiro atoms. The zero-order valence-corrected chi connectivity index (χ0v) is 22.4. The molecule has 0 radical (unpaired) electrons. The summed E-state index contributed by atoms with van der Waals surface area (Å²) in [4.78, 5) is 35.1. The van der Waals surface area contributed by atoms with Crippen LogP contribution in [-0.2, 0) is 27.7 Å². The number of aromatic nitrogens is 4. The Kier molecular flexibility index (Phi) is 7.93. The van der Waals surface area contributed by atoms with Gasteiger partial charge in [-0.1, -0.05) is 41.6 Å². The molecule has 0 aliphatic carbocycles. The number of hydroxylamine groups is 1. The van der Waals surface area contributed by atoms with Gasteiger partial charge in [-0.2, -0.15) is 0 Å². The quantitative estimate of drug-likeness (QED) is 0.166. The van der Waals surface area contributed by atoms with Crippen molar-refractivity contribution >= 4 is 21.4 Å². The third-order valence-corrected chi connectivity index (χ3v) is 8.80. The maximum Gasteiger partial charge on any atom is 0.269 e. The Bertz CT molecular complexity index is 1710. The molecule has 13 nitrogen and oxygen atoms in total. The van der Waals surface area contributed by atoms with Gasteiger partial charge in [0.25, 0.3) is 17.2 Å². The maximum absolute atomic E-state index is 12.7. The first kappa shape index (κ1) is 28.3. The molecule has 2 heterocycles. The Morgan fingerprint density at radius 2 is 1.73 bits per heavy atom. The average Bonchev–Trinajstić information content (AvgIpc) is 3.39. The molecule has 2 aromatic heterocycles. The van der Waals surface area contributed by atoms with Crippen LogP contribution in [0.15, 0.2) is 77.9 Å². The zero-order chi connectivity index (χ0) is 29.1. The predicted molar refractivity (Wildman–Crippen MR) is 145 cm³/mol. The van der Waals surface area contributed by atoms with Crippen molar-refractivity contribution in [2.75, 3.05) is 6.26 Å². The van der Waals surface area contributed by atoms with Gasteiger partial charge in [0.15, 0.2) is 14.6 Å². The molecule has 0 fully saturated rings. The molecule has 0 saturated carbocycles. The van der Waals surface area contributed by atoms with Gasteiger partial charge in [-0.15, -0.1) is 5.10 Å². The van der Waals surface area contributed by atoms with E-state index < -0.39 is 25.4 Å². The Hall–Kier alpha value is -4.69. The van der Waals surface area contributed by atoms with Gasteiger partial charge in [-0.25, -0.2) is 18.6 Å². The summed E-state index contributed by atoms with van der Waals surface area (Å²) in [6.07, 6.45) is 3.97. The summed E-state index contributed by atoms with van der Waals surface area (Å²) in [5.41, 5.74) is 4.71. The number of sulfone groups is 1. The van der Waals surface area contributed by atoms with Crippen LogP contribution in [0.25, 0.3) is 22.4 Å². The lowest BCUT2D eigenvalue weighted by Crippen LogP contribution is -2.49. The van der Waals surface area contributed by atoms with Gasteiger partial charge in [0, 0.05) is 42.8 Å². The van der Waals surface area contributed by atoms with Crippen LogP contribution >= 0.6 is 0 Å². The summed E-state index contributed by atoms with van der Waals surface area (Å²) in [7, 11) is -3.88. The summed E-state index contributed by atoms with van der Waals surface area (Å²) in [5, 5.41) is 28.1. The van der Waals surface area contributed by atoms with Crippen LogP contribution in [0.4, 0.5) is 5.69 Å². The molecule has 1 unspecified atom stereocenters. The van der Waals surface area contributed by atoms with Crippen LogP contribution in [0.1, 0.15) is 18.9 Å². The van der Waals surface area contributed by atoms with E-state index in [0.717, 1.165) is 22.9 Å². The average molecular weight is 567 g/mol. The van der Waals surface area contributed by atoms with E-state index in [1.165, 1.54) is 41.4 Å². The van der Waals surface area contributed by atoms with E-state index in [2.05, 4.69) is 10.3 Å². The van der Waals surface area contributed by atoms with Crippen molar-refractivity contribution in [1.82, 2.24) is 25.0 Å². The number of hydrogen-bond acceptors (Lipinski definition) is 9. The normalized spacial score (nSPS) is 13.0. The van der Waals surface area contributed by atoms with Crippen LogP contribution in [0.5, 0.6) is 0 Å². The van der Waals surface area contributed by atoms with Crippen molar-refractivity contribution in [2.45, 2.75) is 31.2 Å². The lowest BCUT2D eigenvalue weighted by atomic mass is 10.0. The number of rotatable bonds is 10. The number of nitrogens with zero attached hydrogens (tertiary/aromatic N) is 5. The molecular weight excluding hydrogens is 540 g/mol. The zero-order valence-electron chi connectivity index (χ0n) is 21.6. The van der Waals surface area contributed by atoms with Gasteiger partial charge in [0.1, 0.15) is 5.69 Å². The highest BCUT2D eigenvalue weighted by atomic mass is 32.2. The van der Waals surface area contributed by atoms with Gasteiger partial charge in [-0.05, 0) is 36.1 Å². The minimum Gasteiger partial charge on any atom is -0.315 e. The molecule has 1 atom stereocenters. The second-order valence-electron chi connectivity index (χ2n) is 9.44. The second kappa shape index (κ2) is 11.2. The van der Waals surface area contributed by atoms with Crippen LogP contribution in [-0.4, -0.2) is 55.0 Å². The molecule has 40 heavy (non-hydrogen) atoms. The first-order chi connectivity index (χ1) is 18.9. The third kappa shape index (κ3) is 5.97. The third-order valence-electron chi connectivity index (χ3n) is 6.77. The Balaban J connectivity index is 1.45. The fourth-order valence-electron chi connectivity index (χ4n) is 4.04. The van der Waals surface area contributed by atoms with Crippen molar-refractivity contribution < 1.29 is 23.3 Å². The van der Waals surface area contributed by atoms with Crippen molar-refractivity contribution in [1.29, 1.82) is 0 Å². The highest BCUT2D eigenvalue weighted by Crippen LogP contribution is 2.24. The predicted octanol–water partition coefficient (Wildman–Crippen LogP) is 2.43. The van der Waals surface area contributed by atoms with Crippen LogP contribution in [0, 0.1) is 10.1 Å². The van der Waals surface area contributed by atoms with E-state index >= 15 is 0 Å². The molecule has 0 aliphatic heterocycles. The van der Waals surface area contributed by atoms with Gasteiger partial charge in [0.05, 0.1) is 17.7 Å². The van der Waals surface area contributed by atoms with Gasteiger partial charge >= 0.3 is 0 Å². The standard InChI is InChI=1S/C26H26N6O7S/c1-26(25(34)28-35,40(2,38)39)12-14-30-13-11-21(15-24(30)33)19-5-7-20(8-6-19)23-17-31(29-27-23)16-18-3-9-22(10-4-18)32(36)37/h3-11,13,15,17,35H,12,14,16H2,1-2H3,(H,28,34). The van der Waals surface area contributed by atoms with Crippen molar-refractivity contribution in [3.63, 3.8) is 0 Å². The van der Waals surface area contributed by atoms with E-state index in [0.29, 0.717) is 17.8 Å². The highest BCUT2D eigenvalue weighted by molar-refractivity contribution is 7.92. The van der Waals surface area contributed by atoms with E-state index in [4.69, 9.17) is 5.21 Å². The molecule has 0 saturated heterocycles. The number of aryl methyl sites for hydroxylation is 1. The number of nitro benzene ring substituents is 1. The van der Waals surface area contributed by atoms with E-state index in [1.807, 2.05) is 24.3 Å². The number of benzene rings is 2. The number of non-ortho nitro benzene ring substituents is 1. The van der Waals surface area contributed by atoms with E-state index in [-0.39, 0.29) is 24.2 Å². The fourth-order valence-corrected chi connectivity index (χ4v) is 4.89. The number of amides is 1. The monoisotopic (exact) mass is 566 g/mol. The molecule has 0 bridgehead atoms. The fraction of sp³-hybridized carbons (Fsp3) is 0.231. The van der Waals surface area contributed by atoms with Gasteiger partial charge in [-0.3, -0.25) is 24.9 Å². The van der Waals surface area contributed by atoms with Crippen molar-refractivity contribution in [3.05, 3.63) is 99.1 Å². The first-order valence-corrected chi connectivity index (χ1v) is 13.9. The summed E-state index contributed by atoms with van der Waals surface area (Å²) in [6, 6.07) is 16.7. The van der Waals surface area contributed by atoms with Crippen LogP contribution < -0.4 is 11.0 Å². The molecule has 2 aromatic carbocycles. The van der Waals surface area contributed by atoms with Crippen molar-refractivity contribution in [2.24, 2.45) is 0 Å². The molecule has 1 amide bonds. The Morgan fingerprint density at radius 3 is 2.30 bits per heavy atom. The summed E-state index contributed by atoms with van der Waals surface area (Å²) in [5.74, 6) is -1.06. The maximum atomic E-state index is 12.7. The number of nitrogens with one attached hydrogen (secondary N) is 1. The summed E-state index contributed by atoms with van der Waals surface area (Å²) in [6.45, 7) is 1.54. The number of carbonyl (C=O) groups is 1. The van der Waals surface area contributed by atoms with Gasteiger partial charge < -0.3 is 4.57 Å². The molecule has 4 rings (SSSR count). The molecule has 0 aliphatic rings. The second-order valence-corrected chi connectivity index (χ2v) is 11.9. The smallest absolute Gasteiger partial charge is 0.269 e. The SMILES string of the molecule is CC(CCn1ccc(-c2ccc(-c3cn(Cc4ccc([N+](=O)[O-])cc4)nn3)cc2)cc1=O)(C(=O)NO)S(C)(=O)=O. The number of hydrogen-bond donors (Lipinski definition) is 2. The largest absolute Gasteiger partial charge is 0.315 e. The summed E-state index contributed by atoms with van der Waals surface area (Å²) >= 11 is 0. The molecule has 208 valence electrons. The number of carbonyl (C=O) groups excluding carboxylic acids is 1. The lowest BCUT2D eigenvalue weighted by molar-refractivity contribution is -0.384.